The van der Waals surface area contributed by atoms with E-state index in [-0.39, 0.29) is 12.0 Å². The Bertz CT molecular complexity index is 985. The van der Waals surface area contributed by atoms with Crippen molar-refractivity contribution in [1.29, 1.82) is 0 Å². The van der Waals surface area contributed by atoms with Gasteiger partial charge in [0.25, 0.3) is 0 Å². The number of anilines is 1. The molecule has 0 aromatic heterocycles. The Hall–Kier alpha value is -3.07. The van der Waals surface area contributed by atoms with Crippen molar-refractivity contribution >= 4 is 11.4 Å². The molecule has 0 unspecified atom stereocenters. The Morgan fingerprint density at radius 2 is 1.48 bits per heavy atom. The lowest BCUT2D eigenvalue weighted by molar-refractivity contribution is 0.0764. The standard InChI is InChI=1S/C24H24N2O/c1-15-13-16(2)21(17(3)14-15)23-22(19-11-7-8-12-20(19)25)24(27-26-23)18-9-5-4-6-10-18/h4-14,22,24H,25H2,1-3H3/t22-,24+/m1/s1. The Morgan fingerprint density at radius 3 is 2.15 bits per heavy atom. The lowest BCUT2D eigenvalue weighted by Gasteiger charge is -2.22. The maximum absolute atomic E-state index is 6.37. The highest BCUT2D eigenvalue weighted by molar-refractivity contribution is 6.08. The van der Waals surface area contributed by atoms with Crippen LogP contribution in [0.5, 0.6) is 0 Å². The predicted octanol–water partition coefficient (Wildman–Crippen LogP) is 5.45. The summed E-state index contributed by atoms with van der Waals surface area (Å²) in [7, 11) is 0. The van der Waals surface area contributed by atoms with E-state index in [2.05, 4.69) is 56.3 Å². The molecule has 0 radical (unpaired) electrons. The van der Waals surface area contributed by atoms with Crippen LogP contribution in [0, 0.1) is 20.8 Å². The van der Waals surface area contributed by atoms with Crippen molar-refractivity contribution in [3.8, 4) is 0 Å². The Kier molecular flexibility index (Phi) is 4.44. The lowest BCUT2D eigenvalue weighted by atomic mass is 9.80. The minimum Gasteiger partial charge on any atom is -0.398 e. The molecule has 3 aromatic carbocycles. The highest BCUT2D eigenvalue weighted by Gasteiger charge is 2.39. The molecule has 0 aliphatic carbocycles. The van der Waals surface area contributed by atoms with Crippen LogP contribution in [0.25, 0.3) is 0 Å². The average molecular weight is 356 g/mol. The van der Waals surface area contributed by atoms with Gasteiger partial charge in [-0.3, -0.25) is 0 Å². The molecule has 3 heteroatoms. The molecule has 3 aromatic rings. The van der Waals surface area contributed by atoms with Crippen LogP contribution in [0.3, 0.4) is 0 Å². The molecule has 1 aliphatic rings. The number of hydrogen-bond acceptors (Lipinski definition) is 3. The zero-order chi connectivity index (χ0) is 19.0. The summed E-state index contributed by atoms with van der Waals surface area (Å²) in [5, 5.41) is 4.58. The van der Waals surface area contributed by atoms with Gasteiger partial charge in [-0.25, -0.2) is 0 Å². The fraction of sp³-hybridized carbons (Fsp3) is 0.208. The lowest BCUT2D eigenvalue weighted by Crippen LogP contribution is -2.19. The fourth-order valence-electron chi connectivity index (χ4n) is 4.16. The molecule has 136 valence electrons. The van der Waals surface area contributed by atoms with E-state index in [1.165, 1.54) is 16.7 Å². The zero-order valence-corrected chi connectivity index (χ0v) is 15.9. The predicted molar refractivity (Wildman–Crippen MR) is 111 cm³/mol. The van der Waals surface area contributed by atoms with Gasteiger partial charge in [-0.2, -0.15) is 0 Å². The van der Waals surface area contributed by atoms with Gasteiger partial charge in [0.2, 0.25) is 0 Å². The molecule has 0 saturated heterocycles. The van der Waals surface area contributed by atoms with Crippen LogP contribution in [0.4, 0.5) is 5.69 Å². The van der Waals surface area contributed by atoms with Crippen molar-refractivity contribution in [3.05, 3.63) is 100 Å². The van der Waals surface area contributed by atoms with Crippen molar-refractivity contribution < 1.29 is 4.84 Å². The molecule has 1 aliphatic heterocycles. The molecule has 0 saturated carbocycles. The topological polar surface area (TPSA) is 47.6 Å². The first-order chi connectivity index (χ1) is 13.1. The monoisotopic (exact) mass is 356 g/mol. The van der Waals surface area contributed by atoms with E-state index < -0.39 is 0 Å². The van der Waals surface area contributed by atoms with E-state index in [0.29, 0.717) is 0 Å². The van der Waals surface area contributed by atoms with Gasteiger partial charge in [-0.1, -0.05) is 71.4 Å². The second-order valence-corrected chi connectivity index (χ2v) is 7.29. The second kappa shape index (κ2) is 6.92. The van der Waals surface area contributed by atoms with Gasteiger partial charge in [0, 0.05) is 11.3 Å². The van der Waals surface area contributed by atoms with Gasteiger partial charge in [0.15, 0.2) is 6.10 Å². The van der Waals surface area contributed by atoms with Crippen LogP contribution in [0.1, 0.15) is 45.4 Å². The number of nitrogen functional groups attached to an aromatic ring is 1. The average Bonchev–Trinajstić information content (AvgIpc) is 3.06. The fourth-order valence-corrected chi connectivity index (χ4v) is 4.16. The molecule has 27 heavy (non-hydrogen) atoms. The summed E-state index contributed by atoms with van der Waals surface area (Å²) < 4.78 is 0. The third-order valence-corrected chi connectivity index (χ3v) is 5.25. The van der Waals surface area contributed by atoms with E-state index in [4.69, 9.17) is 10.6 Å². The van der Waals surface area contributed by atoms with Gasteiger partial charge in [0.1, 0.15) is 0 Å². The number of rotatable bonds is 3. The molecule has 4 rings (SSSR count). The summed E-state index contributed by atoms with van der Waals surface area (Å²) >= 11 is 0. The third kappa shape index (κ3) is 3.10. The van der Waals surface area contributed by atoms with Gasteiger partial charge in [-0.05, 0) is 49.1 Å². The molecule has 2 atom stereocenters. The number of hydrogen-bond donors (Lipinski definition) is 1. The highest BCUT2D eigenvalue weighted by Crippen LogP contribution is 2.44. The van der Waals surface area contributed by atoms with Crippen LogP contribution < -0.4 is 5.73 Å². The maximum Gasteiger partial charge on any atom is 0.165 e. The first kappa shape index (κ1) is 17.3. The number of oxime groups is 1. The van der Waals surface area contributed by atoms with E-state index >= 15 is 0 Å². The SMILES string of the molecule is Cc1cc(C)c(C2=NO[C@@H](c3ccccc3)[C@@H]2c2ccccc2N)c(C)c1. The second-order valence-electron chi connectivity index (χ2n) is 7.29. The molecule has 0 bridgehead atoms. The Morgan fingerprint density at radius 1 is 0.852 bits per heavy atom. The molecule has 0 amide bonds. The summed E-state index contributed by atoms with van der Waals surface area (Å²) in [5.41, 5.74) is 15.1. The minimum absolute atomic E-state index is 0.0475. The van der Waals surface area contributed by atoms with Crippen molar-refractivity contribution in [2.24, 2.45) is 5.16 Å². The van der Waals surface area contributed by atoms with Gasteiger partial charge in [0.05, 0.1) is 11.6 Å². The first-order valence-electron chi connectivity index (χ1n) is 9.27. The van der Waals surface area contributed by atoms with E-state index in [9.17, 15) is 0 Å². The quantitative estimate of drug-likeness (QED) is 0.634. The summed E-state index contributed by atoms with van der Waals surface area (Å²) in [5.74, 6) is -0.0475. The van der Waals surface area contributed by atoms with Crippen molar-refractivity contribution in [2.45, 2.75) is 32.8 Å². The van der Waals surface area contributed by atoms with Gasteiger partial charge in [-0.15, -0.1) is 0 Å². The first-order valence-corrected chi connectivity index (χ1v) is 9.27. The van der Waals surface area contributed by atoms with Crippen LogP contribution in [-0.4, -0.2) is 5.71 Å². The highest BCUT2D eigenvalue weighted by atomic mass is 16.6. The smallest absolute Gasteiger partial charge is 0.165 e. The van der Waals surface area contributed by atoms with Crippen LogP contribution in [0.2, 0.25) is 0 Å². The minimum atomic E-state index is -0.189. The Balaban J connectivity index is 1.88. The largest absolute Gasteiger partial charge is 0.398 e. The number of nitrogens with two attached hydrogens (primary N) is 1. The number of nitrogens with zero attached hydrogens (tertiary/aromatic N) is 1. The number of aryl methyl sites for hydroxylation is 3. The molecular weight excluding hydrogens is 332 g/mol. The molecule has 0 fully saturated rings. The van der Waals surface area contributed by atoms with Crippen molar-refractivity contribution in [3.63, 3.8) is 0 Å². The van der Waals surface area contributed by atoms with Crippen molar-refractivity contribution in [2.75, 3.05) is 5.73 Å². The number of benzene rings is 3. The van der Waals surface area contributed by atoms with Crippen LogP contribution in [-0.2, 0) is 4.84 Å². The Labute approximate surface area is 160 Å². The maximum atomic E-state index is 6.37. The van der Waals surface area contributed by atoms with Gasteiger partial charge >= 0.3 is 0 Å². The van der Waals surface area contributed by atoms with E-state index in [0.717, 1.165) is 28.1 Å². The van der Waals surface area contributed by atoms with Crippen LogP contribution >= 0.6 is 0 Å². The molecule has 0 spiro atoms. The molecule has 3 nitrogen and oxygen atoms in total. The molecular formula is C24H24N2O. The van der Waals surface area contributed by atoms with Gasteiger partial charge < -0.3 is 10.6 Å². The summed E-state index contributed by atoms with van der Waals surface area (Å²) in [6.07, 6.45) is -0.189. The molecule has 1 heterocycles. The van der Waals surface area contributed by atoms with Crippen LogP contribution in [0.15, 0.2) is 71.9 Å². The third-order valence-electron chi connectivity index (χ3n) is 5.25. The summed E-state index contributed by atoms with van der Waals surface area (Å²) in [6, 6.07) is 22.7. The van der Waals surface area contributed by atoms with Crippen molar-refractivity contribution in [1.82, 2.24) is 0 Å². The number of para-hydroxylation sites is 1. The van der Waals surface area contributed by atoms with E-state index in [1.54, 1.807) is 0 Å². The summed E-state index contributed by atoms with van der Waals surface area (Å²) in [4.78, 5) is 6.00. The zero-order valence-electron chi connectivity index (χ0n) is 15.9. The van der Waals surface area contributed by atoms with E-state index in [1.807, 2.05) is 36.4 Å². The molecule has 2 N–H and O–H groups in total. The summed E-state index contributed by atoms with van der Waals surface area (Å²) in [6.45, 7) is 6.40. The normalized spacial score (nSPS) is 18.9.